The fourth-order valence-corrected chi connectivity index (χ4v) is 3.95. The van der Waals surface area contributed by atoms with E-state index in [4.69, 9.17) is 0 Å². The number of hydrogen-bond donors (Lipinski definition) is 2. The molecule has 2 N–H and O–H groups in total. The van der Waals surface area contributed by atoms with Gasteiger partial charge >= 0.3 is 5.97 Å². The lowest BCUT2D eigenvalue weighted by Gasteiger charge is -2.27. The van der Waals surface area contributed by atoms with Crippen LogP contribution in [0.25, 0.3) is 0 Å². The molecule has 1 aromatic rings. The smallest absolute Gasteiger partial charge is 0.307 e. The first-order chi connectivity index (χ1) is 10.5. The van der Waals surface area contributed by atoms with E-state index < -0.39 is 22.7 Å². The van der Waals surface area contributed by atoms with Crippen LogP contribution in [-0.2, 0) is 9.59 Å². The predicted molar refractivity (Wildman–Crippen MR) is 77.2 cm³/mol. The Morgan fingerprint density at radius 3 is 2.55 bits per heavy atom. The van der Waals surface area contributed by atoms with Gasteiger partial charge in [0.2, 0.25) is 5.91 Å². The van der Waals surface area contributed by atoms with Crippen LogP contribution in [-0.4, -0.2) is 21.9 Å². The van der Waals surface area contributed by atoms with Gasteiger partial charge in [0.25, 0.3) is 5.69 Å². The largest absolute Gasteiger partial charge is 0.481 e. The number of fused-ring (bicyclic) bond motifs is 2. The van der Waals surface area contributed by atoms with Gasteiger partial charge in [0.15, 0.2) is 0 Å². The van der Waals surface area contributed by atoms with Crippen LogP contribution < -0.4 is 5.32 Å². The standard InChI is InChI=1S/C15H16N2O5/c18-14(16-10-2-1-3-11(7-10)17(21)22)12-8-4-5-9(6-8)13(12)15(19)20/h1-3,7-9,12-13H,4-6H2,(H,16,18)(H,19,20)/t8-,9-,12-,13+/m0/s1. The predicted octanol–water partition coefficient (Wildman–Crippen LogP) is 2.28. The van der Waals surface area contributed by atoms with Gasteiger partial charge in [-0.2, -0.15) is 0 Å². The zero-order chi connectivity index (χ0) is 15.9. The van der Waals surface area contributed by atoms with Crippen LogP contribution in [0, 0.1) is 33.8 Å². The number of nitrogens with one attached hydrogen (secondary N) is 1. The summed E-state index contributed by atoms with van der Waals surface area (Å²) in [6.45, 7) is 0. The van der Waals surface area contributed by atoms with Crippen LogP contribution in [0.3, 0.4) is 0 Å². The number of benzene rings is 1. The van der Waals surface area contributed by atoms with E-state index in [9.17, 15) is 24.8 Å². The lowest BCUT2D eigenvalue weighted by molar-refractivity contribution is -0.384. The molecule has 2 aliphatic rings. The van der Waals surface area contributed by atoms with Gasteiger partial charge in [0.1, 0.15) is 0 Å². The number of nitro benzene ring substituents is 1. The van der Waals surface area contributed by atoms with Gasteiger partial charge in [-0.05, 0) is 37.2 Å². The van der Waals surface area contributed by atoms with E-state index in [1.807, 2.05) is 0 Å². The molecule has 7 heteroatoms. The summed E-state index contributed by atoms with van der Waals surface area (Å²) in [5, 5.41) is 22.8. The highest BCUT2D eigenvalue weighted by atomic mass is 16.6. The molecule has 116 valence electrons. The maximum absolute atomic E-state index is 12.5. The van der Waals surface area contributed by atoms with Crippen LogP contribution in [0.4, 0.5) is 11.4 Å². The summed E-state index contributed by atoms with van der Waals surface area (Å²) < 4.78 is 0. The molecule has 7 nitrogen and oxygen atoms in total. The molecular weight excluding hydrogens is 288 g/mol. The van der Waals surface area contributed by atoms with Gasteiger partial charge in [-0.1, -0.05) is 6.07 Å². The summed E-state index contributed by atoms with van der Waals surface area (Å²) in [5.41, 5.74) is 0.214. The Hall–Kier alpha value is -2.44. The van der Waals surface area contributed by atoms with Crippen molar-refractivity contribution in [1.82, 2.24) is 0 Å². The van der Waals surface area contributed by atoms with Gasteiger partial charge < -0.3 is 10.4 Å². The average Bonchev–Trinajstić information content (AvgIpc) is 3.07. The number of carboxylic acid groups (broad SMARTS) is 1. The SMILES string of the molecule is O=C(O)[C@@H]1[C@H]2CC[C@@H](C2)[C@@H]1C(=O)Nc1cccc([N+](=O)[O-])c1. The molecule has 2 aliphatic carbocycles. The molecule has 1 amide bonds. The number of carboxylic acids is 1. The quantitative estimate of drug-likeness (QED) is 0.655. The summed E-state index contributed by atoms with van der Waals surface area (Å²) in [6, 6.07) is 5.67. The minimum Gasteiger partial charge on any atom is -0.481 e. The molecule has 2 saturated carbocycles. The Morgan fingerprint density at radius 2 is 1.91 bits per heavy atom. The van der Waals surface area contributed by atoms with E-state index in [1.165, 1.54) is 18.2 Å². The number of aliphatic carboxylic acids is 1. The summed E-state index contributed by atoms with van der Waals surface area (Å²) in [5.74, 6) is -2.28. The molecule has 2 bridgehead atoms. The fraction of sp³-hybridized carbons (Fsp3) is 0.467. The number of nitrogens with zero attached hydrogens (tertiary/aromatic N) is 1. The van der Waals surface area contributed by atoms with Crippen LogP contribution >= 0.6 is 0 Å². The van der Waals surface area contributed by atoms with Crippen molar-refractivity contribution < 1.29 is 19.6 Å². The molecule has 3 rings (SSSR count). The monoisotopic (exact) mass is 304 g/mol. The molecule has 2 fully saturated rings. The first kappa shape index (κ1) is 14.5. The number of anilines is 1. The number of carbonyl (C=O) groups excluding carboxylic acids is 1. The van der Waals surface area contributed by atoms with Gasteiger partial charge in [0, 0.05) is 17.8 Å². The second-order valence-corrected chi connectivity index (χ2v) is 6.02. The summed E-state index contributed by atoms with van der Waals surface area (Å²) in [6.07, 6.45) is 2.52. The Bertz CT molecular complexity index is 645. The summed E-state index contributed by atoms with van der Waals surface area (Å²) in [4.78, 5) is 34.1. The highest BCUT2D eigenvalue weighted by Gasteiger charge is 2.53. The van der Waals surface area contributed by atoms with Crippen molar-refractivity contribution in [3.05, 3.63) is 34.4 Å². The maximum Gasteiger partial charge on any atom is 0.307 e. The number of rotatable bonds is 4. The molecule has 0 aromatic heterocycles. The zero-order valence-corrected chi connectivity index (χ0v) is 11.8. The van der Waals surface area contributed by atoms with E-state index in [-0.39, 0.29) is 23.4 Å². The van der Waals surface area contributed by atoms with Crippen molar-refractivity contribution in [3.8, 4) is 0 Å². The van der Waals surface area contributed by atoms with Crippen molar-refractivity contribution in [2.75, 3.05) is 5.32 Å². The first-order valence-corrected chi connectivity index (χ1v) is 7.25. The minimum atomic E-state index is -0.925. The zero-order valence-electron chi connectivity index (χ0n) is 11.8. The Kier molecular flexibility index (Phi) is 3.56. The number of hydrogen-bond acceptors (Lipinski definition) is 4. The van der Waals surface area contributed by atoms with Crippen LogP contribution in [0.1, 0.15) is 19.3 Å². The van der Waals surface area contributed by atoms with E-state index >= 15 is 0 Å². The Balaban J connectivity index is 1.78. The van der Waals surface area contributed by atoms with Crippen molar-refractivity contribution in [2.24, 2.45) is 23.7 Å². The van der Waals surface area contributed by atoms with Gasteiger partial charge in [-0.25, -0.2) is 0 Å². The third kappa shape index (κ3) is 2.43. The molecule has 0 heterocycles. The molecule has 0 unspecified atom stereocenters. The van der Waals surface area contributed by atoms with Gasteiger partial charge in [-0.15, -0.1) is 0 Å². The molecule has 0 saturated heterocycles. The molecule has 1 aromatic carbocycles. The van der Waals surface area contributed by atoms with Gasteiger partial charge in [0.05, 0.1) is 16.8 Å². The van der Waals surface area contributed by atoms with Crippen molar-refractivity contribution in [1.29, 1.82) is 0 Å². The lowest BCUT2D eigenvalue weighted by atomic mass is 9.78. The molecule has 0 aliphatic heterocycles. The normalized spacial score (nSPS) is 29.3. The Labute approximate surface area is 126 Å². The summed E-state index contributed by atoms with van der Waals surface area (Å²) >= 11 is 0. The van der Waals surface area contributed by atoms with Crippen molar-refractivity contribution in [2.45, 2.75) is 19.3 Å². The lowest BCUT2D eigenvalue weighted by Crippen LogP contribution is -2.37. The topological polar surface area (TPSA) is 110 Å². The molecular formula is C15H16N2O5. The van der Waals surface area contributed by atoms with E-state index in [1.54, 1.807) is 6.07 Å². The number of nitro groups is 1. The highest BCUT2D eigenvalue weighted by Crippen LogP contribution is 2.52. The molecule has 0 spiro atoms. The van der Waals surface area contributed by atoms with Crippen LogP contribution in [0.15, 0.2) is 24.3 Å². The highest BCUT2D eigenvalue weighted by molar-refractivity contribution is 5.96. The van der Waals surface area contributed by atoms with Gasteiger partial charge in [-0.3, -0.25) is 19.7 Å². The number of non-ortho nitro benzene ring substituents is 1. The fourth-order valence-electron chi connectivity index (χ4n) is 3.95. The maximum atomic E-state index is 12.5. The number of carbonyl (C=O) groups is 2. The average molecular weight is 304 g/mol. The van der Waals surface area contributed by atoms with Crippen molar-refractivity contribution in [3.63, 3.8) is 0 Å². The molecule has 22 heavy (non-hydrogen) atoms. The third-order valence-electron chi connectivity index (χ3n) is 4.83. The number of amides is 1. The Morgan fingerprint density at radius 1 is 1.23 bits per heavy atom. The van der Waals surface area contributed by atoms with E-state index in [0.29, 0.717) is 5.69 Å². The second kappa shape index (κ2) is 5.40. The third-order valence-corrected chi connectivity index (χ3v) is 4.83. The first-order valence-electron chi connectivity index (χ1n) is 7.25. The summed E-state index contributed by atoms with van der Waals surface area (Å²) in [7, 11) is 0. The molecule has 0 radical (unpaired) electrons. The molecule has 4 atom stereocenters. The van der Waals surface area contributed by atoms with E-state index in [2.05, 4.69) is 5.32 Å². The van der Waals surface area contributed by atoms with E-state index in [0.717, 1.165) is 19.3 Å². The minimum absolute atomic E-state index is 0.0726. The van der Waals surface area contributed by atoms with Crippen molar-refractivity contribution >= 4 is 23.3 Å². The van der Waals surface area contributed by atoms with Crippen LogP contribution in [0.5, 0.6) is 0 Å². The second-order valence-electron chi connectivity index (χ2n) is 6.02. The van der Waals surface area contributed by atoms with Crippen LogP contribution in [0.2, 0.25) is 0 Å².